The number of morpholine rings is 2. The molecule has 0 unspecified atom stereocenters. The quantitative estimate of drug-likeness (QED) is 0.740. The van der Waals surface area contributed by atoms with Crippen molar-refractivity contribution in [3.05, 3.63) is 45.3 Å². The minimum absolute atomic E-state index is 0.0671. The lowest BCUT2D eigenvalue weighted by Crippen LogP contribution is -2.41. The Balaban J connectivity index is 1.62. The van der Waals surface area contributed by atoms with Crippen LogP contribution in [0.1, 0.15) is 16.8 Å². The predicted octanol–water partition coefficient (Wildman–Crippen LogP) is 1.85. The van der Waals surface area contributed by atoms with Crippen LogP contribution in [-0.2, 0) is 16.0 Å². The Morgan fingerprint density at radius 2 is 1.66 bits per heavy atom. The standard InChI is InChI=1S/C21H26ClN3O4/c22-16-2-3-17-18(14-16)20(26)25(5-1-4-23-6-10-28-11-7-23)15-19(17)21(27)24-8-12-29-13-9-24/h2-3,14-15H,1,4-13H2. The molecule has 8 heteroatoms. The van der Waals surface area contributed by atoms with Gasteiger partial charge in [-0.3, -0.25) is 14.5 Å². The molecule has 2 fully saturated rings. The highest BCUT2D eigenvalue weighted by molar-refractivity contribution is 6.31. The number of benzene rings is 1. The first-order valence-electron chi connectivity index (χ1n) is 10.1. The summed E-state index contributed by atoms with van der Waals surface area (Å²) in [6.45, 7) is 7.00. The van der Waals surface area contributed by atoms with Crippen molar-refractivity contribution in [1.29, 1.82) is 0 Å². The molecule has 3 heterocycles. The number of halogens is 1. The number of fused-ring (bicyclic) bond motifs is 1. The Bertz CT molecular complexity index is 933. The van der Waals surface area contributed by atoms with E-state index in [1.165, 1.54) is 0 Å². The minimum Gasteiger partial charge on any atom is -0.379 e. The molecule has 4 rings (SSSR count). The van der Waals surface area contributed by atoms with Crippen LogP contribution >= 0.6 is 11.6 Å². The van der Waals surface area contributed by atoms with Gasteiger partial charge < -0.3 is 18.9 Å². The van der Waals surface area contributed by atoms with Crippen LogP contribution in [0, 0.1) is 0 Å². The second-order valence-corrected chi connectivity index (χ2v) is 7.88. The smallest absolute Gasteiger partial charge is 0.258 e. The van der Waals surface area contributed by atoms with E-state index >= 15 is 0 Å². The Labute approximate surface area is 174 Å². The summed E-state index contributed by atoms with van der Waals surface area (Å²) in [5, 5.41) is 1.63. The summed E-state index contributed by atoms with van der Waals surface area (Å²) in [5.41, 5.74) is 0.438. The molecular formula is C21H26ClN3O4. The summed E-state index contributed by atoms with van der Waals surface area (Å²) in [6.07, 6.45) is 2.55. The summed E-state index contributed by atoms with van der Waals surface area (Å²) in [4.78, 5) is 30.3. The third-order valence-corrected chi connectivity index (χ3v) is 5.79. The van der Waals surface area contributed by atoms with Crippen LogP contribution in [0.25, 0.3) is 10.8 Å². The van der Waals surface area contributed by atoms with E-state index in [0.717, 1.165) is 39.3 Å². The van der Waals surface area contributed by atoms with Crippen molar-refractivity contribution in [3.63, 3.8) is 0 Å². The highest BCUT2D eigenvalue weighted by atomic mass is 35.5. The third-order valence-electron chi connectivity index (χ3n) is 5.55. The number of hydrogen-bond donors (Lipinski definition) is 0. The van der Waals surface area contributed by atoms with Gasteiger partial charge in [0.1, 0.15) is 0 Å². The lowest BCUT2D eigenvalue weighted by atomic mass is 10.1. The van der Waals surface area contributed by atoms with Crippen molar-refractivity contribution in [1.82, 2.24) is 14.4 Å². The molecule has 0 atom stereocenters. The Morgan fingerprint density at radius 1 is 0.966 bits per heavy atom. The van der Waals surface area contributed by atoms with Gasteiger partial charge in [-0.2, -0.15) is 0 Å². The number of nitrogens with zero attached hydrogens (tertiary/aromatic N) is 3. The summed E-state index contributed by atoms with van der Waals surface area (Å²) in [6, 6.07) is 5.15. The number of ether oxygens (including phenoxy) is 2. The van der Waals surface area contributed by atoms with Crippen molar-refractivity contribution < 1.29 is 14.3 Å². The van der Waals surface area contributed by atoms with Gasteiger partial charge in [-0.05, 0) is 18.6 Å². The predicted molar refractivity (Wildman–Crippen MR) is 112 cm³/mol. The van der Waals surface area contributed by atoms with Crippen LogP contribution in [-0.4, -0.2) is 79.4 Å². The van der Waals surface area contributed by atoms with Gasteiger partial charge in [-0.1, -0.05) is 17.7 Å². The van der Waals surface area contributed by atoms with Gasteiger partial charge in [0.25, 0.3) is 11.5 Å². The topological polar surface area (TPSA) is 64.0 Å². The van der Waals surface area contributed by atoms with E-state index in [4.69, 9.17) is 21.1 Å². The number of amides is 1. The molecule has 0 radical (unpaired) electrons. The van der Waals surface area contributed by atoms with Crippen LogP contribution in [0.4, 0.5) is 0 Å². The van der Waals surface area contributed by atoms with Crippen LogP contribution < -0.4 is 5.56 Å². The minimum atomic E-state index is -0.108. The van der Waals surface area contributed by atoms with Crippen LogP contribution in [0.2, 0.25) is 5.02 Å². The van der Waals surface area contributed by atoms with Gasteiger partial charge in [-0.25, -0.2) is 0 Å². The first-order chi connectivity index (χ1) is 14.1. The van der Waals surface area contributed by atoms with Gasteiger partial charge in [0.15, 0.2) is 0 Å². The second kappa shape index (κ2) is 9.26. The van der Waals surface area contributed by atoms with Gasteiger partial charge in [0.05, 0.1) is 32.0 Å². The van der Waals surface area contributed by atoms with E-state index in [-0.39, 0.29) is 11.5 Å². The fourth-order valence-electron chi connectivity index (χ4n) is 3.93. The summed E-state index contributed by atoms with van der Waals surface area (Å²) in [7, 11) is 0. The molecule has 2 saturated heterocycles. The average molecular weight is 420 g/mol. The molecule has 1 amide bonds. The highest BCUT2D eigenvalue weighted by Crippen LogP contribution is 2.22. The normalized spacial score (nSPS) is 18.3. The molecule has 0 spiro atoms. The van der Waals surface area contributed by atoms with Gasteiger partial charge >= 0.3 is 0 Å². The number of aromatic nitrogens is 1. The van der Waals surface area contributed by atoms with E-state index < -0.39 is 0 Å². The largest absolute Gasteiger partial charge is 0.379 e. The molecule has 1 aromatic heterocycles. The van der Waals surface area contributed by atoms with E-state index in [0.29, 0.717) is 54.2 Å². The number of rotatable bonds is 5. The monoisotopic (exact) mass is 419 g/mol. The van der Waals surface area contributed by atoms with Crippen molar-refractivity contribution in [2.24, 2.45) is 0 Å². The van der Waals surface area contributed by atoms with Crippen molar-refractivity contribution >= 4 is 28.3 Å². The first-order valence-corrected chi connectivity index (χ1v) is 10.5. The first kappa shape index (κ1) is 20.3. The number of hydrogen-bond acceptors (Lipinski definition) is 5. The zero-order chi connectivity index (χ0) is 20.2. The van der Waals surface area contributed by atoms with Crippen molar-refractivity contribution in [3.8, 4) is 0 Å². The van der Waals surface area contributed by atoms with E-state index in [1.807, 2.05) is 0 Å². The molecule has 0 N–H and O–H groups in total. The SMILES string of the molecule is O=C(c1cn(CCCN2CCOCC2)c(=O)c2cc(Cl)ccc12)N1CCOCC1. The molecule has 29 heavy (non-hydrogen) atoms. The summed E-state index contributed by atoms with van der Waals surface area (Å²) in [5.74, 6) is -0.0671. The molecule has 0 saturated carbocycles. The summed E-state index contributed by atoms with van der Waals surface area (Å²) >= 11 is 6.15. The third kappa shape index (κ3) is 4.64. The van der Waals surface area contributed by atoms with Gasteiger partial charge in [0, 0.05) is 61.3 Å². The molecule has 2 aliphatic heterocycles. The maximum atomic E-state index is 13.2. The molecular weight excluding hydrogens is 394 g/mol. The Morgan fingerprint density at radius 3 is 2.38 bits per heavy atom. The van der Waals surface area contributed by atoms with Gasteiger partial charge in [0.2, 0.25) is 0 Å². The molecule has 1 aromatic carbocycles. The highest BCUT2D eigenvalue weighted by Gasteiger charge is 2.22. The van der Waals surface area contributed by atoms with Crippen LogP contribution in [0.15, 0.2) is 29.2 Å². The fraction of sp³-hybridized carbons (Fsp3) is 0.524. The Kier molecular flexibility index (Phi) is 6.50. The number of pyridine rings is 1. The average Bonchev–Trinajstić information content (AvgIpc) is 2.76. The lowest BCUT2D eigenvalue weighted by Gasteiger charge is -2.28. The van der Waals surface area contributed by atoms with E-state index in [2.05, 4.69) is 4.90 Å². The molecule has 7 nitrogen and oxygen atoms in total. The number of carbonyl (C=O) groups excluding carboxylic acids is 1. The number of aryl methyl sites for hydroxylation is 1. The van der Waals surface area contributed by atoms with E-state index in [1.54, 1.807) is 33.9 Å². The molecule has 2 aromatic rings. The van der Waals surface area contributed by atoms with Crippen molar-refractivity contribution in [2.45, 2.75) is 13.0 Å². The zero-order valence-corrected chi connectivity index (χ0v) is 17.2. The van der Waals surface area contributed by atoms with Crippen LogP contribution in [0.3, 0.4) is 0 Å². The molecule has 2 aliphatic rings. The van der Waals surface area contributed by atoms with Gasteiger partial charge in [-0.15, -0.1) is 0 Å². The van der Waals surface area contributed by atoms with Crippen molar-refractivity contribution in [2.75, 3.05) is 59.2 Å². The van der Waals surface area contributed by atoms with E-state index in [9.17, 15) is 9.59 Å². The second-order valence-electron chi connectivity index (χ2n) is 7.44. The zero-order valence-electron chi connectivity index (χ0n) is 16.4. The number of carbonyl (C=O) groups is 1. The maximum Gasteiger partial charge on any atom is 0.258 e. The maximum absolute atomic E-state index is 13.2. The van der Waals surface area contributed by atoms with Crippen LogP contribution in [0.5, 0.6) is 0 Å². The Hall–Kier alpha value is -1.93. The summed E-state index contributed by atoms with van der Waals surface area (Å²) < 4.78 is 12.4. The molecule has 0 aliphatic carbocycles. The molecule has 0 bridgehead atoms. The fourth-order valence-corrected chi connectivity index (χ4v) is 4.10. The lowest BCUT2D eigenvalue weighted by molar-refractivity contribution is 0.0303. The molecule has 156 valence electrons.